The van der Waals surface area contributed by atoms with Gasteiger partial charge in [-0.15, -0.1) is 11.3 Å². The van der Waals surface area contributed by atoms with Gasteiger partial charge in [0.25, 0.3) is 11.8 Å². The number of benzene rings is 2. The van der Waals surface area contributed by atoms with Gasteiger partial charge in [0.2, 0.25) is 5.91 Å². The average molecular weight is 446 g/mol. The number of thiophene rings is 1. The lowest BCUT2D eigenvalue weighted by atomic mass is 10.1. The topological polar surface area (TPSA) is 78.5 Å². The number of hydrogen-bond acceptors (Lipinski definition) is 4. The van der Waals surface area contributed by atoms with Crippen LogP contribution in [0.2, 0.25) is 0 Å². The molecule has 0 spiro atoms. The predicted molar refractivity (Wildman–Crippen MR) is 128 cm³/mol. The molecule has 2 N–H and O–H groups in total. The number of carbonyl (C=O) groups excluding carboxylic acids is 3. The Labute approximate surface area is 190 Å². The van der Waals surface area contributed by atoms with Crippen molar-refractivity contribution in [3.63, 3.8) is 0 Å². The van der Waals surface area contributed by atoms with Gasteiger partial charge in [-0.05, 0) is 60.7 Å². The van der Waals surface area contributed by atoms with Crippen molar-refractivity contribution >= 4 is 46.5 Å². The van der Waals surface area contributed by atoms with E-state index in [1.807, 2.05) is 42.6 Å². The third kappa shape index (κ3) is 4.95. The number of carbonyl (C=O) groups is 3. The zero-order valence-electron chi connectivity index (χ0n) is 17.6. The summed E-state index contributed by atoms with van der Waals surface area (Å²) in [6.45, 7) is 2.52. The van der Waals surface area contributed by atoms with Crippen molar-refractivity contribution in [1.82, 2.24) is 5.32 Å². The first-order chi connectivity index (χ1) is 15.5. The van der Waals surface area contributed by atoms with Gasteiger partial charge in [-0.3, -0.25) is 14.4 Å². The van der Waals surface area contributed by atoms with E-state index in [1.165, 1.54) is 11.3 Å². The van der Waals surface area contributed by atoms with E-state index in [4.69, 9.17) is 0 Å². The minimum atomic E-state index is -0.440. The first-order valence-electron chi connectivity index (χ1n) is 10.4. The average Bonchev–Trinajstić information content (AvgIpc) is 3.45. The van der Waals surface area contributed by atoms with Crippen molar-refractivity contribution in [3.05, 3.63) is 87.7 Å². The highest BCUT2D eigenvalue weighted by molar-refractivity contribution is 7.10. The second-order valence-corrected chi connectivity index (χ2v) is 8.48. The Kier molecular flexibility index (Phi) is 6.47. The summed E-state index contributed by atoms with van der Waals surface area (Å²) in [4.78, 5) is 40.6. The molecule has 2 aromatic carbocycles. The van der Waals surface area contributed by atoms with E-state index < -0.39 is 5.91 Å². The summed E-state index contributed by atoms with van der Waals surface area (Å²) >= 11 is 1.47. The molecule has 0 aliphatic carbocycles. The molecule has 162 valence electrons. The Hall–Kier alpha value is -3.71. The molecule has 0 radical (unpaired) electrons. The molecule has 0 atom stereocenters. The van der Waals surface area contributed by atoms with E-state index in [2.05, 4.69) is 10.6 Å². The number of nitrogens with one attached hydrogen (secondary N) is 2. The Bertz CT molecular complexity index is 1180. The Morgan fingerprint density at radius 3 is 2.62 bits per heavy atom. The third-order valence-electron chi connectivity index (χ3n) is 5.20. The second kappa shape index (κ2) is 9.62. The molecule has 0 bridgehead atoms. The summed E-state index contributed by atoms with van der Waals surface area (Å²) in [5, 5.41) is 7.51. The van der Waals surface area contributed by atoms with Gasteiger partial charge >= 0.3 is 0 Å². The molecule has 4 rings (SSSR count). The quantitative estimate of drug-likeness (QED) is 0.545. The van der Waals surface area contributed by atoms with Crippen LogP contribution in [-0.4, -0.2) is 24.3 Å². The zero-order valence-corrected chi connectivity index (χ0v) is 18.4. The van der Waals surface area contributed by atoms with Gasteiger partial charge in [0.1, 0.15) is 5.70 Å². The van der Waals surface area contributed by atoms with Crippen LogP contribution in [0.1, 0.15) is 33.6 Å². The summed E-state index contributed by atoms with van der Waals surface area (Å²) in [6.07, 6.45) is 3.02. The lowest BCUT2D eigenvalue weighted by Gasteiger charge is -2.17. The van der Waals surface area contributed by atoms with Gasteiger partial charge < -0.3 is 15.5 Å². The number of amides is 3. The first kappa shape index (κ1) is 21.5. The molecule has 2 heterocycles. The van der Waals surface area contributed by atoms with Crippen molar-refractivity contribution in [2.24, 2.45) is 0 Å². The molecule has 3 amide bonds. The molecule has 1 saturated heterocycles. The lowest BCUT2D eigenvalue weighted by Crippen LogP contribution is -2.31. The molecule has 32 heavy (non-hydrogen) atoms. The second-order valence-electron chi connectivity index (χ2n) is 7.50. The van der Waals surface area contributed by atoms with E-state index in [1.54, 1.807) is 41.3 Å². The van der Waals surface area contributed by atoms with Crippen LogP contribution in [0.25, 0.3) is 6.08 Å². The molecule has 0 saturated carbocycles. The van der Waals surface area contributed by atoms with Crippen molar-refractivity contribution in [1.29, 1.82) is 0 Å². The van der Waals surface area contributed by atoms with Gasteiger partial charge in [-0.2, -0.15) is 0 Å². The number of aryl methyl sites for hydroxylation is 1. The number of nitrogens with zero attached hydrogens (tertiary/aromatic N) is 1. The van der Waals surface area contributed by atoms with Crippen LogP contribution in [0.15, 0.2) is 71.7 Å². The molecular formula is C25H23N3O3S. The Morgan fingerprint density at radius 2 is 1.91 bits per heavy atom. The van der Waals surface area contributed by atoms with Crippen molar-refractivity contribution in [3.8, 4) is 0 Å². The Morgan fingerprint density at radius 1 is 1.06 bits per heavy atom. The van der Waals surface area contributed by atoms with Crippen LogP contribution >= 0.6 is 11.3 Å². The minimum absolute atomic E-state index is 0.0808. The summed E-state index contributed by atoms with van der Waals surface area (Å²) in [6, 6.07) is 18.1. The van der Waals surface area contributed by atoms with Crippen LogP contribution < -0.4 is 15.5 Å². The molecule has 1 aliphatic rings. The molecule has 1 aliphatic heterocycles. The van der Waals surface area contributed by atoms with E-state index in [0.29, 0.717) is 24.2 Å². The highest BCUT2D eigenvalue weighted by Crippen LogP contribution is 2.24. The van der Waals surface area contributed by atoms with E-state index in [0.717, 1.165) is 22.5 Å². The standard InChI is InChI=1S/C25H23N3O3S/c1-17-7-2-3-11-21(17)24(30)27-22(16-20-10-6-14-32-20)25(31)26-18-8-4-9-19(15-18)28-13-5-12-23(28)29/h2-4,6-11,14-16H,5,12-13H2,1H3,(H,26,31)(H,27,30)/b22-16-. The molecule has 0 unspecified atom stereocenters. The minimum Gasteiger partial charge on any atom is -0.321 e. The summed E-state index contributed by atoms with van der Waals surface area (Å²) in [7, 11) is 0. The Balaban J connectivity index is 1.57. The molecular weight excluding hydrogens is 422 g/mol. The fourth-order valence-electron chi connectivity index (χ4n) is 3.56. The van der Waals surface area contributed by atoms with Gasteiger partial charge in [0.15, 0.2) is 0 Å². The SMILES string of the molecule is Cc1ccccc1C(=O)N/C(=C\c1cccs1)C(=O)Nc1cccc(N2CCCC2=O)c1. The normalized spacial score (nSPS) is 13.8. The monoisotopic (exact) mass is 445 g/mol. The maximum atomic E-state index is 13.1. The van der Waals surface area contributed by atoms with Gasteiger partial charge in [0.05, 0.1) is 0 Å². The number of rotatable bonds is 6. The molecule has 6 nitrogen and oxygen atoms in total. The van der Waals surface area contributed by atoms with Gasteiger partial charge in [-0.25, -0.2) is 0 Å². The zero-order chi connectivity index (χ0) is 22.5. The maximum absolute atomic E-state index is 13.1. The summed E-state index contributed by atoms with van der Waals surface area (Å²) < 4.78 is 0. The van der Waals surface area contributed by atoms with E-state index in [9.17, 15) is 14.4 Å². The summed E-state index contributed by atoms with van der Waals surface area (Å²) in [5.74, 6) is -0.708. The fourth-order valence-corrected chi connectivity index (χ4v) is 4.22. The van der Waals surface area contributed by atoms with E-state index >= 15 is 0 Å². The molecule has 7 heteroatoms. The van der Waals surface area contributed by atoms with Crippen molar-refractivity contribution in [2.45, 2.75) is 19.8 Å². The smallest absolute Gasteiger partial charge is 0.272 e. The highest BCUT2D eigenvalue weighted by atomic mass is 32.1. The number of hydrogen-bond donors (Lipinski definition) is 2. The predicted octanol–water partition coefficient (Wildman–Crippen LogP) is 4.59. The molecule has 3 aromatic rings. The highest BCUT2D eigenvalue weighted by Gasteiger charge is 2.22. The van der Waals surface area contributed by atoms with Crippen LogP contribution in [0, 0.1) is 6.92 Å². The van der Waals surface area contributed by atoms with Crippen LogP contribution in [-0.2, 0) is 9.59 Å². The van der Waals surface area contributed by atoms with Crippen LogP contribution in [0.4, 0.5) is 11.4 Å². The summed E-state index contributed by atoms with van der Waals surface area (Å²) in [5.41, 5.74) is 2.77. The fraction of sp³-hybridized carbons (Fsp3) is 0.160. The van der Waals surface area contributed by atoms with Crippen molar-refractivity contribution in [2.75, 3.05) is 16.8 Å². The van der Waals surface area contributed by atoms with Crippen molar-refractivity contribution < 1.29 is 14.4 Å². The molecule has 1 aromatic heterocycles. The van der Waals surface area contributed by atoms with Crippen LogP contribution in [0.3, 0.4) is 0 Å². The van der Waals surface area contributed by atoms with Gasteiger partial charge in [-0.1, -0.05) is 30.3 Å². The van der Waals surface area contributed by atoms with Crippen LogP contribution in [0.5, 0.6) is 0 Å². The number of anilines is 2. The first-order valence-corrected chi connectivity index (χ1v) is 11.2. The third-order valence-corrected chi connectivity index (χ3v) is 6.02. The van der Waals surface area contributed by atoms with Gasteiger partial charge in [0, 0.05) is 34.8 Å². The maximum Gasteiger partial charge on any atom is 0.272 e. The van der Waals surface area contributed by atoms with E-state index in [-0.39, 0.29) is 17.5 Å². The lowest BCUT2D eigenvalue weighted by molar-refractivity contribution is -0.117. The largest absolute Gasteiger partial charge is 0.321 e. The molecule has 1 fully saturated rings.